The second-order valence-electron chi connectivity index (χ2n) is 7.76. The number of para-hydroxylation sites is 1. The van der Waals surface area contributed by atoms with E-state index >= 15 is 0 Å². The van der Waals surface area contributed by atoms with Crippen LogP contribution in [0, 0.1) is 0 Å². The first-order valence-electron chi connectivity index (χ1n) is 10.9. The largest absolute Gasteiger partial charge is 0.495 e. The van der Waals surface area contributed by atoms with E-state index in [1.165, 1.54) is 18.7 Å². The maximum absolute atomic E-state index is 13.3. The third-order valence-electron chi connectivity index (χ3n) is 5.45. The normalized spacial score (nSPS) is 11.4. The number of imidazole rings is 1. The van der Waals surface area contributed by atoms with Gasteiger partial charge in [-0.2, -0.15) is 13.2 Å². The van der Waals surface area contributed by atoms with Crippen molar-refractivity contribution in [2.45, 2.75) is 6.18 Å². The molecule has 0 aliphatic rings. The molecule has 3 heterocycles. The van der Waals surface area contributed by atoms with Gasteiger partial charge in [0.15, 0.2) is 5.65 Å². The molecule has 5 rings (SSSR count). The highest BCUT2D eigenvalue weighted by molar-refractivity contribution is 6.06. The summed E-state index contributed by atoms with van der Waals surface area (Å²) in [6, 6.07) is 13.5. The van der Waals surface area contributed by atoms with Crippen LogP contribution in [0.1, 0.15) is 15.9 Å². The highest BCUT2D eigenvalue weighted by Crippen LogP contribution is 2.38. The van der Waals surface area contributed by atoms with Gasteiger partial charge in [-0.25, -0.2) is 19.9 Å². The zero-order chi connectivity index (χ0) is 26.0. The average Bonchev–Trinajstić information content (AvgIpc) is 3.38. The molecule has 2 aromatic carbocycles. The fourth-order valence-corrected chi connectivity index (χ4v) is 3.79. The van der Waals surface area contributed by atoms with E-state index in [0.717, 1.165) is 19.2 Å². The van der Waals surface area contributed by atoms with Crippen molar-refractivity contribution in [1.29, 1.82) is 0 Å². The van der Waals surface area contributed by atoms with Crippen LogP contribution in [0.4, 0.5) is 30.4 Å². The van der Waals surface area contributed by atoms with Gasteiger partial charge in [-0.1, -0.05) is 6.07 Å². The number of rotatable bonds is 6. The number of methoxy groups -OCH3 is 1. The highest BCUT2D eigenvalue weighted by atomic mass is 19.4. The molecule has 0 atom stereocenters. The Labute approximate surface area is 207 Å². The predicted octanol–water partition coefficient (Wildman–Crippen LogP) is 5.44. The van der Waals surface area contributed by atoms with E-state index in [1.807, 2.05) is 6.07 Å². The summed E-state index contributed by atoms with van der Waals surface area (Å²) in [7, 11) is 1.09. The Bertz CT molecular complexity index is 1580. The van der Waals surface area contributed by atoms with Crippen molar-refractivity contribution in [2.24, 2.45) is 0 Å². The number of aromatic amines is 1. The average molecular weight is 505 g/mol. The quantitative estimate of drug-likeness (QED) is 0.281. The number of halogens is 3. The number of hydrogen-bond acceptors (Lipinski definition) is 7. The third-order valence-corrected chi connectivity index (χ3v) is 5.45. The van der Waals surface area contributed by atoms with Gasteiger partial charge in [0.2, 0.25) is 0 Å². The molecule has 1 amide bonds. The summed E-state index contributed by atoms with van der Waals surface area (Å²) in [4.78, 5) is 32.9. The number of fused-ring (bicyclic) bond motifs is 1. The summed E-state index contributed by atoms with van der Waals surface area (Å²) in [5.74, 6) is -0.748. The monoisotopic (exact) mass is 505 g/mol. The summed E-state index contributed by atoms with van der Waals surface area (Å²) in [5, 5.41) is 5.81. The van der Waals surface area contributed by atoms with E-state index in [4.69, 9.17) is 4.74 Å². The van der Waals surface area contributed by atoms with Crippen molar-refractivity contribution >= 4 is 34.3 Å². The molecule has 12 heteroatoms. The van der Waals surface area contributed by atoms with Crippen LogP contribution in [-0.4, -0.2) is 37.9 Å². The van der Waals surface area contributed by atoms with Gasteiger partial charge in [-0.15, -0.1) is 0 Å². The van der Waals surface area contributed by atoms with Crippen molar-refractivity contribution in [3.63, 3.8) is 0 Å². The molecule has 0 saturated heterocycles. The van der Waals surface area contributed by atoms with E-state index in [9.17, 15) is 18.0 Å². The number of ether oxygens (including phenoxy) is 1. The van der Waals surface area contributed by atoms with Crippen LogP contribution in [0.25, 0.3) is 22.4 Å². The first-order chi connectivity index (χ1) is 17.8. The molecular weight excluding hydrogens is 487 g/mol. The Morgan fingerprint density at radius 1 is 0.946 bits per heavy atom. The number of aromatic nitrogens is 5. The summed E-state index contributed by atoms with van der Waals surface area (Å²) in [5.41, 5.74) is 2.28. The van der Waals surface area contributed by atoms with E-state index in [2.05, 4.69) is 35.6 Å². The van der Waals surface area contributed by atoms with Crippen molar-refractivity contribution in [3.05, 3.63) is 84.6 Å². The number of anilines is 3. The minimum Gasteiger partial charge on any atom is -0.495 e. The van der Waals surface area contributed by atoms with E-state index in [1.54, 1.807) is 36.5 Å². The molecule has 3 aromatic heterocycles. The Hall–Kier alpha value is -5.00. The predicted molar refractivity (Wildman–Crippen MR) is 131 cm³/mol. The summed E-state index contributed by atoms with van der Waals surface area (Å²) in [6.45, 7) is 0. The highest BCUT2D eigenvalue weighted by Gasteiger charge is 2.36. The number of carbonyl (C=O) groups excluding carboxylic acids is 1. The van der Waals surface area contributed by atoms with Crippen LogP contribution in [0.2, 0.25) is 0 Å². The molecule has 0 fully saturated rings. The van der Waals surface area contributed by atoms with Crippen LogP contribution in [0.15, 0.2) is 73.4 Å². The first-order valence-corrected chi connectivity index (χ1v) is 10.9. The number of benzene rings is 2. The lowest BCUT2D eigenvalue weighted by Crippen LogP contribution is -2.16. The van der Waals surface area contributed by atoms with Crippen LogP contribution < -0.4 is 15.4 Å². The topological polar surface area (TPSA) is 118 Å². The van der Waals surface area contributed by atoms with Crippen molar-refractivity contribution in [1.82, 2.24) is 24.9 Å². The van der Waals surface area contributed by atoms with Crippen LogP contribution in [-0.2, 0) is 6.18 Å². The standard InChI is InChI=1S/C25H18F3N7O2/c1-37-21-17(4-2-6-18(21)25(26,27)28)24(36)35-15-9-7-14(8-10-15)34-22-16(5-3-11-29-22)19-20-23(32-12-30-19)33-13-31-20/h2-13H,1H3,(H,29,34)(H,35,36)(H,30,31,32,33). The molecule has 0 aliphatic heterocycles. The molecule has 0 saturated carbocycles. The van der Waals surface area contributed by atoms with Gasteiger partial charge in [0.05, 0.1) is 24.6 Å². The summed E-state index contributed by atoms with van der Waals surface area (Å²) in [6.07, 6.45) is -0.0579. The number of H-pyrrole nitrogens is 1. The maximum atomic E-state index is 13.3. The number of nitrogens with one attached hydrogen (secondary N) is 3. The zero-order valence-corrected chi connectivity index (χ0v) is 19.2. The molecule has 0 bridgehead atoms. The number of alkyl halides is 3. The molecule has 37 heavy (non-hydrogen) atoms. The lowest BCUT2D eigenvalue weighted by molar-refractivity contribution is -0.138. The number of nitrogens with zero attached hydrogens (tertiary/aromatic N) is 4. The maximum Gasteiger partial charge on any atom is 0.419 e. The van der Waals surface area contributed by atoms with E-state index < -0.39 is 23.4 Å². The molecule has 0 spiro atoms. The van der Waals surface area contributed by atoms with Crippen molar-refractivity contribution < 1.29 is 22.7 Å². The van der Waals surface area contributed by atoms with Crippen LogP contribution in [0.5, 0.6) is 5.75 Å². The molecule has 186 valence electrons. The molecule has 0 radical (unpaired) electrons. The van der Waals surface area contributed by atoms with Gasteiger partial charge in [0, 0.05) is 23.1 Å². The summed E-state index contributed by atoms with van der Waals surface area (Å²) >= 11 is 0. The molecular formula is C25H18F3N7O2. The zero-order valence-electron chi connectivity index (χ0n) is 19.2. The lowest BCUT2D eigenvalue weighted by Gasteiger charge is -2.15. The van der Waals surface area contributed by atoms with Gasteiger partial charge in [-0.05, 0) is 48.5 Å². The Morgan fingerprint density at radius 3 is 2.49 bits per heavy atom. The second-order valence-corrected chi connectivity index (χ2v) is 7.76. The van der Waals surface area contributed by atoms with E-state index in [0.29, 0.717) is 39.6 Å². The van der Waals surface area contributed by atoms with Crippen molar-refractivity contribution in [2.75, 3.05) is 17.7 Å². The molecule has 3 N–H and O–H groups in total. The van der Waals surface area contributed by atoms with Gasteiger partial charge in [0.1, 0.15) is 29.1 Å². The number of amides is 1. The second kappa shape index (κ2) is 9.57. The Morgan fingerprint density at radius 2 is 1.73 bits per heavy atom. The van der Waals surface area contributed by atoms with Gasteiger partial charge in [0.25, 0.3) is 5.91 Å². The fourth-order valence-electron chi connectivity index (χ4n) is 3.79. The molecule has 0 aliphatic carbocycles. The molecule has 0 unspecified atom stereocenters. The SMILES string of the molecule is COc1c(C(=O)Nc2ccc(Nc3ncccc3-c3ncnc4[nH]cnc34)cc2)cccc1C(F)(F)F. The third kappa shape index (κ3) is 4.76. The minimum atomic E-state index is -4.66. The Kier molecular flexibility index (Phi) is 6.14. The lowest BCUT2D eigenvalue weighted by atomic mass is 10.1. The first kappa shape index (κ1) is 23.7. The van der Waals surface area contributed by atoms with E-state index in [-0.39, 0.29) is 5.56 Å². The van der Waals surface area contributed by atoms with Gasteiger partial charge in [-0.3, -0.25) is 4.79 Å². The number of hydrogen-bond donors (Lipinski definition) is 3. The molecule has 5 aromatic rings. The van der Waals surface area contributed by atoms with Crippen molar-refractivity contribution in [3.8, 4) is 17.0 Å². The van der Waals surface area contributed by atoms with Gasteiger partial charge >= 0.3 is 6.18 Å². The Balaban J connectivity index is 1.36. The minimum absolute atomic E-state index is 0.229. The number of pyridine rings is 1. The smallest absolute Gasteiger partial charge is 0.419 e. The van der Waals surface area contributed by atoms with Gasteiger partial charge < -0.3 is 20.4 Å². The summed E-state index contributed by atoms with van der Waals surface area (Å²) < 4.78 is 44.8. The fraction of sp³-hybridized carbons (Fsp3) is 0.0800. The van der Waals surface area contributed by atoms with Crippen LogP contribution >= 0.6 is 0 Å². The molecule has 9 nitrogen and oxygen atoms in total. The van der Waals surface area contributed by atoms with Crippen LogP contribution in [0.3, 0.4) is 0 Å². The number of carbonyl (C=O) groups is 1.